The molecule has 4 atom stereocenters. The Labute approximate surface area is 235 Å². The van der Waals surface area contributed by atoms with Gasteiger partial charge >= 0.3 is 6.03 Å². The monoisotopic (exact) mass is 566 g/mol. The lowest BCUT2D eigenvalue weighted by atomic mass is 9.76. The van der Waals surface area contributed by atoms with Crippen LogP contribution < -0.4 is 5.32 Å². The molecule has 1 aromatic heterocycles. The number of amides is 2. The van der Waals surface area contributed by atoms with Gasteiger partial charge in [-0.3, -0.25) is 4.90 Å². The molecule has 2 saturated carbocycles. The summed E-state index contributed by atoms with van der Waals surface area (Å²) >= 11 is 0. The van der Waals surface area contributed by atoms with Crippen molar-refractivity contribution in [2.24, 2.45) is 5.41 Å². The van der Waals surface area contributed by atoms with Gasteiger partial charge in [-0.25, -0.2) is 18.0 Å². The highest BCUT2D eigenvalue weighted by molar-refractivity contribution is 5.75. The number of hydrogen-bond donors (Lipinski definition) is 1. The molecule has 5 fully saturated rings. The molecule has 6 rings (SSSR count). The molecule has 224 valence electrons. The van der Waals surface area contributed by atoms with Gasteiger partial charge in [0.05, 0.1) is 5.92 Å². The van der Waals surface area contributed by atoms with Crippen LogP contribution in [0.4, 0.5) is 18.0 Å². The summed E-state index contributed by atoms with van der Waals surface area (Å²) in [6.07, 6.45) is 4.94. The Kier molecular flexibility index (Phi) is 7.37. The molecule has 2 amide bonds. The second-order valence-corrected chi connectivity index (χ2v) is 13.9. The van der Waals surface area contributed by atoms with Crippen molar-refractivity contribution >= 4 is 6.03 Å². The van der Waals surface area contributed by atoms with Gasteiger partial charge < -0.3 is 19.6 Å². The molecule has 1 N–H and O–H groups in total. The van der Waals surface area contributed by atoms with Crippen LogP contribution in [0, 0.1) is 5.41 Å². The second kappa shape index (κ2) is 10.4. The average Bonchev–Trinajstić information content (AvgIpc) is 3.29. The van der Waals surface area contributed by atoms with Crippen molar-refractivity contribution in [2.75, 3.05) is 39.3 Å². The van der Waals surface area contributed by atoms with E-state index in [-0.39, 0.29) is 18.4 Å². The van der Waals surface area contributed by atoms with E-state index >= 15 is 8.78 Å². The van der Waals surface area contributed by atoms with Gasteiger partial charge in [0.15, 0.2) is 5.82 Å². The fraction of sp³-hybridized carbons (Fsp3) is 0.897. The van der Waals surface area contributed by atoms with Crippen molar-refractivity contribution in [1.82, 2.24) is 30.2 Å². The number of aromatic nitrogens is 2. The molecule has 3 aliphatic heterocycles. The lowest BCUT2D eigenvalue weighted by molar-refractivity contribution is -0.0981. The second-order valence-electron chi connectivity index (χ2n) is 13.9. The summed E-state index contributed by atoms with van der Waals surface area (Å²) in [5.74, 6) is -2.33. The number of rotatable bonds is 5. The van der Waals surface area contributed by atoms with Gasteiger partial charge in [0.1, 0.15) is 12.2 Å². The molecule has 3 saturated heterocycles. The zero-order chi connectivity index (χ0) is 28.3. The third kappa shape index (κ3) is 5.37. The van der Waals surface area contributed by atoms with Crippen LogP contribution in [-0.2, 0) is 5.41 Å². The minimum absolute atomic E-state index is 0.186. The Morgan fingerprint density at radius 1 is 1.05 bits per heavy atom. The van der Waals surface area contributed by atoms with E-state index in [9.17, 15) is 9.18 Å². The molecule has 4 heterocycles. The fourth-order valence-corrected chi connectivity index (χ4v) is 7.60. The van der Waals surface area contributed by atoms with Crippen molar-refractivity contribution < 1.29 is 22.5 Å². The highest BCUT2D eigenvalue weighted by Gasteiger charge is 2.52. The Morgan fingerprint density at radius 3 is 2.35 bits per heavy atom. The van der Waals surface area contributed by atoms with Gasteiger partial charge in [0.25, 0.3) is 5.92 Å². The first-order chi connectivity index (χ1) is 19.0. The normalized spacial score (nSPS) is 33.9. The van der Waals surface area contributed by atoms with E-state index in [0.29, 0.717) is 68.4 Å². The first-order valence-electron chi connectivity index (χ1n) is 15.4. The maximum absolute atomic E-state index is 15.4. The minimum atomic E-state index is -2.93. The summed E-state index contributed by atoms with van der Waals surface area (Å²) in [6.45, 7) is 11.2. The van der Waals surface area contributed by atoms with Crippen molar-refractivity contribution in [3.05, 3.63) is 11.7 Å². The third-order valence-electron chi connectivity index (χ3n) is 10.8. The number of alkyl halides is 3. The topological polar surface area (TPSA) is 77.7 Å². The number of likely N-dealkylation sites (tertiary alicyclic amines) is 3. The van der Waals surface area contributed by atoms with Gasteiger partial charge in [0.2, 0.25) is 5.89 Å². The zero-order valence-electron chi connectivity index (χ0n) is 24.2. The molecule has 11 heteroatoms. The first-order valence-corrected chi connectivity index (χ1v) is 15.4. The highest BCUT2D eigenvalue weighted by atomic mass is 19.3. The first kappa shape index (κ1) is 28.2. The lowest BCUT2D eigenvalue weighted by Crippen LogP contribution is -2.65. The molecular formula is C29H45F3N6O2. The number of halogens is 3. The van der Waals surface area contributed by atoms with E-state index in [1.54, 1.807) is 4.90 Å². The largest absolute Gasteiger partial charge is 0.339 e. The van der Waals surface area contributed by atoms with Crippen LogP contribution in [0.5, 0.6) is 0 Å². The Hall–Kier alpha value is -1.88. The standard InChI is InChI=1S/C29H45F3N6O2/c1-19(2)38-16-11-28(18-38)9-14-36(15-10-28)22-5-4-6-29(31,32)23(22)33-26(39)37-12-7-27(3,8-13-37)25-34-24(40-35-25)20-17-21(20)30/h19-23H,4-18H2,1-3H3,(H,33,39)/t20-,21+,22+,23-/m1/s1. The van der Waals surface area contributed by atoms with Crippen LogP contribution in [0.1, 0.15) is 96.2 Å². The molecule has 0 unspecified atom stereocenters. The SMILES string of the molecule is CC(C)N1CCC2(CCN([C@H]3CCCC(F)(F)[C@@H]3NC(=O)N3CCC(C)(c4noc([C@@H]5C[C@@H]5F)n4)CC3)CC2)C1. The zero-order valence-corrected chi connectivity index (χ0v) is 24.2. The molecule has 0 bridgehead atoms. The summed E-state index contributed by atoms with van der Waals surface area (Å²) in [7, 11) is 0. The Balaban J connectivity index is 1.06. The van der Waals surface area contributed by atoms with Crippen molar-refractivity contribution in [3.8, 4) is 0 Å². The molecule has 0 aromatic carbocycles. The molecule has 1 aromatic rings. The predicted octanol–water partition coefficient (Wildman–Crippen LogP) is 4.71. The van der Waals surface area contributed by atoms with Crippen LogP contribution in [-0.4, -0.2) is 100 Å². The van der Waals surface area contributed by atoms with Crippen LogP contribution in [0.3, 0.4) is 0 Å². The van der Waals surface area contributed by atoms with Crippen LogP contribution >= 0.6 is 0 Å². The number of nitrogens with one attached hydrogen (secondary N) is 1. The van der Waals surface area contributed by atoms with E-state index < -0.39 is 29.6 Å². The smallest absolute Gasteiger partial charge is 0.317 e. The molecule has 0 radical (unpaired) electrons. The summed E-state index contributed by atoms with van der Waals surface area (Å²) in [5, 5.41) is 6.92. The van der Waals surface area contributed by atoms with Crippen molar-refractivity contribution in [2.45, 2.75) is 120 Å². The number of piperidine rings is 2. The van der Waals surface area contributed by atoms with E-state index in [0.717, 1.165) is 39.0 Å². The number of carbonyl (C=O) groups excluding carboxylic acids is 1. The molecular weight excluding hydrogens is 521 g/mol. The van der Waals surface area contributed by atoms with Crippen molar-refractivity contribution in [3.63, 3.8) is 0 Å². The Morgan fingerprint density at radius 2 is 1.73 bits per heavy atom. The fourth-order valence-electron chi connectivity index (χ4n) is 7.60. The number of urea groups is 1. The van der Waals surface area contributed by atoms with Crippen LogP contribution in [0.2, 0.25) is 0 Å². The summed E-state index contributed by atoms with van der Waals surface area (Å²) in [6, 6.07) is -1.40. The maximum Gasteiger partial charge on any atom is 0.317 e. The van der Waals surface area contributed by atoms with E-state index in [1.165, 1.54) is 6.42 Å². The Bertz CT molecular complexity index is 1070. The van der Waals surface area contributed by atoms with Crippen molar-refractivity contribution in [1.29, 1.82) is 0 Å². The van der Waals surface area contributed by atoms with Crippen LogP contribution in [0.25, 0.3) is 0 Å². The summed E-state index contributed by atoms with van der Waals surface area (Å²) in [5.41, 5.74) is -0.0887. The van der Waals surface area contributed by atoms with Gasteiger partial charge in [-0.1, -0.05) is 12.1 Å². The lowest BCUT2D eigenvalue weighted by Gasteiger charge is -2.49. The van der Waals surface area contributed by atoms with E-state index in [1.807, 2.05) is 6.92 Å². The predicted molar refractivity (Wildman–Crippen MR) is 144 cm³/mol. The molecule has 8 nitrogen and oxygen atoms in total. The molecule has 1 spiro atoms. The summed E-state index contributed by atoms with van der Waals surface area (Å²) < 4.78 is 49.4. The molecule has 2 aliphatic carbocycles. The average molecular weight is 567 g/mol. The van der Waals surface area contributed by atoms with Gasteiger partial charge in [-0.2, -0.15) is 4.98 Å². The highest BCUT2D eigenvalue weighted by Crippen LogP contribution is 2.45. The van der Waals surface area contributed by atoms with Gasteiger partial charge in [0, 0.05) is 43.6 Å². The number of carbonyl (C=O) groups is 1. The van der Waals surface area contributed by atoms with E-state index in [4.69, 9.17) is 4.52 Å². The van der Waals surface area contributed by atoms with Gasteiger partial charge in [-0.15, -0.1) is 0 Å². The van der Waals surface area contributed by atoms with E-state index in [2.05, 4.69) is 39.1 Å². The van der Waals surface area contributed by atoms with Gasteiger partial charge in [-0.05, 0) is 90.3 Å². The molecule has 40 heavy (non-hydrogen) atoms. The summed E-state index contributed by atoms with van der Waals surface area (Å²) in [4.78, 5) is 24.2. The minimum Gasteiger partial charge on any atom is -0.339 e. The van der Waals surface area contributed by atoms with Crippen LogP contribution in [0.15, 0.2) is 4.52 Å². The quantitative estimate of drug-likeness (QED) is 0.556. The maximum atomic E-state index is 15.4. The number of hydrogen-bond acceptors (Lipinski definition) is 6. The molecule has 5 aliphatic rings. The third-order valence-corrected chi connectivity index (χ3v) is 10.8. The number of nitrogens with zero attached hydrogens (tertiary/aromatic N) is 5.